The second kappa shape index (κ2) is 20.5. The van der Waals surface area contributed by atoms with Gasteiger partial charge < -0.3 is 40.3 Å². The molecule has 1 saturated heterocycles. The highest BCUT2D eigenvalue weighted by molar-refractivity contribution is 5.89. The zero-order valence-corrected chi connectivity index (χ0v) is 36.7. The van der Waals surface area contributed by atoms with Gasteiger partial charge in [-0.1, -0.05) is 114 Å². The number of methoxy groups -OCH3 is 2. The van der Waals surface area contributed by atoms with Crippen molar-refractivity contribution < 1.29 is 33.8 Å². The van der Waals surface area contributed by atoms with E-state index >= 15 is 0 Å². The SMILES string of the molecule is COC(=O)NC(C(=O)NCCC(O)C(NC(=O)C(N1CCN(Cc2cccc(OC)c2)C1=O)C(C)(C)C)C(Cc1ccc(-c2ccccn2)cc1)c1ccccc1)C(C)(C)C. The summed E-state index contributed by atoms with van der Waals surface area (Å²) in [4.78, 5) is 62.5. The first-order valence-electron chi connectivity index (χ1n) is 20.8. The van der Waals surface area contributed by atoms with Gasteiger partial charge in [0.05, 0.1) is 32.1 Å². The number of aromatic nitrogens is 1. The van der Waals surface area contributed by atoms with Crippen molar-refractivity contribution >= 4 is 23.9 Å². The molecule has 0 radical (unpaired) electrons. The van der Waals surface area contributed by atoms with Crippen LogP contribution in [0.2, 0.25) is 0 Å². The Morgan fingerprint density at radius 1 is 0.803 bits per heavy atom. The number of urea groups is 1. The average Bonchev–Trinajstić information content (AvgIpc) is 3.58. The fourth-order valence-electron chi connectivity index (χ4n) is 7.92. The van der Waals surface area contributed by atoms with Crippen molar-refractivity contribution in [1.82, 2.24) is 30.7 Å². The molecule has 5 atom stereocenters. The Morgan fingerprint density at radius 2 is 1.51 bits per heavy atom. The number of hydrogen-bond acceptors (Lipinski definition) is 8. The summed E-state index contributed by atoms with van der Waals surface area (Å²) in [5.74, 6) is -0.559. The van der Waals surface area contributed by atoms with Crippen molar-refractivity contribution in [2.45, 2.75) is 91.1 Å². The summed E-state index contributed by atoms with van der Waals surface area (Å²) >= 11 is 0. The predicted octanol–water partition coefficient (Wildman–Crippen LogP) is 6.56. The molecule has 326 valence electrons. The van der Waals surface area contributed by atoms with Crippen LogP contribution >= 0.6 is 0 Å². The van der Waals surface area contributed by atoms with E-state index in [9.17, 15) is 24.3 Å². The van der Waals surface area contributed by atoms with Crippen LogP contribution < -0.4 is 20.7 Å². The van der Waals surface area contributed by atoms with Crippen molar-refractivity contribution in [3.05, 3.63) is 120 Å². The van der Waals surface area contributed by atoms with Crippen LogP contribution in [0.25, 0.3) is 11.3 Å². The Labute approximate surface area is 360 Å². The quantitative estimate of drug-likeness (QED) is 0.0931. The third kappa shape index (κ3) is 12.3. The molecule has 5 amide bonds. The van der Waals surface area contributed by atoms with E-state index in [1.165, 1.54) is 7.11 Å². The number of hydrogen-bond donors (Lipinski definition) is 4. The molecule has 5 unspecified atom stereocenters. The van der Waals surface area contributed by atoms with E-state index in [1.807, 2.05) is 139 Å². The van der Waals surface area contributed by atoms with Gasteiger partial charge in [-0.3, -0.25) is 14.6 Å². The zero-order valence-electron chi connectivity index (χ0n) is 36.7. The molecule has 1 aromatic heterocycles. The molecule has 0 saturated carbocycles. The zero-order chi connectivity index (χ0) is 44.3. The van der Waals surface area contributed by atoms with Crippen molar-refractivity contribution in [3.63, 3.8) is 0 Å². The Hall–Kier alpha value is -5.95. The summed E-state index contributed by atoms with van der Waals surface area (Å²) in [5.41, 5.74) is 3.26. The number of aliphatic hydroxyl groups is 1. The number of alkyl carbamates (subject to hydrolysis) is 1. The van der Waals surface area contributed by atoms with Gasteiger partial charge in [-0.15, -0.1) is 0 Å². The van der Waals surface area contributed by atoms with Crippen molar-refractivity contribution in [1.29, 1.82) is 0 Å². The number of ether oxygens (including phenoxy) is 2. The first kappa shape index (κ1) is 46.1. The van der Waals surface area contributed by atoms with E-state index in [1.54, 1.807) is 23.1 Å². The van der Waals surface area contributed by atoms with Gasteiger partial charge >= 0.3 is 12.1 Å². The van der Waals surface area contributed by atoms with Crippen LogP contribution in [0.3, 0.4) is 0 Å². The maximum Gasteiger partial charge on any atom is 0.407 e. The molecule has 0 bridgehead atoms. The van der Waals surface area contributed by atoms with Crippen LogP contribution in [-0.2, 0) is 27.3 Å². The maximum atomic E-state index is 14.9. The molecule has 61 heavy (non-hydrogen) atoms. The molecular weight excluding hydrogens is 773 g/mol. The molecule has 1 aliphatic heterocycles. The van der Waals surface area contributed by atoms with E-state index in [4.69, 9.17) is 9.47 Å². The van der Waals surface area contributed by atoms with Crippen LogP contribution in [0.4, 0.5) is 9.59 Å². The second-order valence-corrected chi connectivity index (χ2v) is 17.8. The molecule has 4 aromatic rings. The van der Waals surface area contributed by atoms with Gasteiger partial charge in [0, 0.05) is 43.9 Å². The lowest BCUT2D eigenvalue weighted by Gasteiger charge is -2.39. The lowest BCUT2D eigenvalue weighted by molar-refractivity contribution is -0.131. The molecule has 5 rings (SSSR count). The first-order chi connectivity index (χ1) is 29.0. The Balaban J connectivity index is 1.45. The Kier molecular flexibility index (Phi) is 15.5. The third-order valence-corrected chi connectivity index (χ3v) is 11.1. The normalized spacial score (nSPS) is 15.6. The summed E-state index contributed by atoms with van der Waals surface area (Å²) in [5, 5.41) is 21.0. The molecule has 3 aromatic carbocycles. The minimum atomic E-state index is -1.15. The molecule has 13 nitrogen and oxygen atoms in total. The Morgan fingerprint density at radius 3 is 2.13 bits per heavy atom. The van der Waals surface area contributed by atoms with Crippen molar-refractivity contribution in [2.75, 3.05) is 33.9 Å². The maximum absolute atomic E-state index is 14.9. The van der Waals surface area contributed by atoms with E-state index in [2.05, 4.69) is 20.9 Å². The lowest BCUT2D eigenvalue weighted by Crippen LogP contribution is -2.59. The van der Waals surface area contributed by atoms with E-state index < -0.39 is 58.9 Å². The summed E-state index contributed by atoms with van der Waals surface area (Å²) in [6.45, 7) is 12.5. The van der Waals surface area contributed by atoms with E-state index in [-0.39, 0.29) is 19.0 Å². The Bertz CT molecular complexity index is 2070. The molecule has 1 fully saturated rings. The van der Waals surface area contributed by atoms with Gasteiger partial charge in [-0.2, -0.15) is 0 Å². The second-order valence-electron chi connectivity index (χ2n) is 17.8. The van der Waals surface area contributed by atoms with Gasteiger partial charge in [0.2, 0.25) is 11.8 Å². The summed E-state index contributed by atoms with van der Waals surface area (Å²) in [6, 6.07) is 28.3. The number of carbonyl (C=O) groups is 4. The van der Waals surface area contributed by atoms with E-state index in [0.717, 1.165) is 27.9 Å². The molecular formula is C48H62N6O7. The minimum Gasteiger partial charge on any atom is -0.497 e. The van der Waals surface area contributed by atoms with Gasteiger partial charge in [0.1, 0.15) is 17.8 Å². The molecule has 4 N–H and O–H groups in total. The van der Waals surface area contributed by atoms with Gasteiger partial charge in [0.25, 0.3) is 0 Å². The van der Waals surface area contributed by atoms with Crippen LogP contribution in [0.1, 0.15) is 70.6 Å². The van der Waals surface area contributed by atoms with Crippen LogP contribution in [0.5, 0.6) is 5.75 Å². The number of nitrogens with zero attached hydrogens (tertiary/aromatic N) is 3. The van der Waals surface area contributed by atoms with Crippen LogP contribution in [0, 0.1) is 10.8 Å². The van der Waals surface area contributed by atoms with Crippen LogP contribution in [0.15, 0.2) is 103 Å². The van der Waals surface area contributed by atoms with Gasteiger partial charge in [-0.05, 0) is 64.6 Å². The molecule has 0 spiro atoms. The molecule has 1 aliphatic rings. The van der Waals surface area contributed by atoms with Gasteiger partial charge in [0.15, 0.2) is 0 Å². The number of benzene rings is 3. The number of carbonyl (C=O) groups excluding carboxylic acids is 4. The standard InChI is InChI=1S/C48H62N6O7/c1-47(2,3)41(52-45(58)61-8)43(56)50-26-24-39(55)40(37(34-16-10-9-11-17-34)30-32-20-22-35(23-21-32)38-19-12-13-25-49-38)51-44(57)42(48(4,5)6)54-28-27-53(46(54)59)31-33-15-14-18-36(29-33)60-7/h9-23,25,29,37,39-42,55H,24,26-28,30-31H2,1-8H3,(H,50,56)(H,51,57)(H,52,58). The number of rotatable bonds is 17. The summed E-state index contributed by atoms with van der Waals surface area (Å²) in [6.07, 6.45) is 0.398. The molecule has 0 aliphatic carbocycles. The predicted molar refractivity (Wildman–Crippen MR) is 236 cm³/mol. The highest BCUT2D eigenvalue weighted by atomic mass is 16.5. The number of amides is 5. The number of aliphatic hydroxyl groups excluding tert-OH is 1. The largest absolute Gasteiger partial charge is 0.497 e. The summed E-state index contributed by atoms with van der Waals surface area (Å²) in [7, 11) is 2.84. The van der Waals surface area contributed by atoms with Gasteiger partial charge in [-0.25, -0.2) is 9.59 Å². The molecule has 13 heteroatoms. The topological polar surface area (TPSA) is 162 Å². The van der Waals surface area contributed by atoms with Crippen LogP contribution in [-0.4, -0.2) is 102 Å². The average molecular weight is 835 g/mol. The van der Waals surface area contributed by atoms with Crippen molar-refractivity contribution in [3.8, 4) is 17.0 Å². The van der Waals surface area contributed by atoms with E-state index in [0.29, 0.717) is 31.8 Å². The first-order valence-corrected chi connectivity index (χ1v) is 20.8. The monoisotopic (exact) mass is 834 g/mol. The highest BCUT2D eigenvalue weighted by Gasteiger charge is 2.45. The number of nitrogens with one attached hydrogen (secondary N) is 3. The third-order valence-electron chi connectivity index (χ3n) is 11.1. The fourth-order valence-corrected chi connectivity index (χ4v) is 7.92. The smallest absolute Gasteiger partial charge is 0.407 e. The van der Waals surface area contributed by atoms with Crippen molar-refractivity contribution in [2.24, 2.45) is 10.8 Å². The highest BCUT2D eigenvalue weighted by Crippen LogP contribution is 2.32. The lowest BCUT2D eigenvalue weighted by atomic mass is 9.81. The number of pyridine rings is 1. The minimum absolute atomic E-state index is 0.0502. The summed E-state index contributed by atoms with van der Waals surface area (Å²) < 4.78 is 10.2. The fraction of sp³-hybridized carbons (Fsp3) is 0.438. The molecule has 2 heterocycles.